The first-order valence-electron chi connectivity index (χ1n) is 6.22. The van der Waals surface area contributed by atoms with E-state index in [0.29, 0.717) is 0 Å². The van der Waals surface area contributed by atoms with Gasteiger partial charge >= 0.3 is 0 Å². The zero-order chi connectivity index (χ0) is 13.9. The summed E-state index contributed by atoms with van der Waals surface area (Å²) in [6.45, 7) is 0. The number of halogens is 2. The summed E-state index contributed by atoms with van der Waals surface area (Å²) in [6, 6.07) is 20.5. The van der Waals surface area contributed by atoms with Crippen LogP contribution in [0.2, 0.25) is 0 Å². The van der Waals surface area contributed by atoms with Gasteiger partial charge in [0.15, 0.2) is 0 Å². The van der Waals surface area contributed by atoms with Crippen LogP contribution < -0.4 is 0 Å². The average Bonchev–Trinajstić information content (AvgIpc) is 2.51. The molecule has 0 fully saturated rings. The van der Waals surface area contributed by atoms with E-state index in [1.807, 2.05) is 42.6 Å². The van der Waals surface area contributed by atoms with Crippen molar-refractivity contribution in [3.05, 3.63) is 75.8 Å². The van der Waals surface area contributed by atoms with Crippen LogP contribution in [0.3, 0.4) is 0 Å². The largest absolute Gasteiger partial charge is 0.254 e. The number of aromatic nitrogens is 1. The molecule has 0 N–H and O–H groups in total. The lowest BCUT2D eigenvalue weighted by Gasteiger charge is -2.12. The quantitative estimate of drug-likeness (QED) is 0.529. The molecule has 1 nitrogen and oxygen atoms in total. The van der Waals surface area contributed by atoms with Crippen LogP contribution in [-0.4, -0.2) is 4.98 Å². The van der Waals surface area contributed by atoms with Crippen LogP contribution in [0, 0.1) is 0 Å². The highest BCUT2D eigenvalue weighted by atomic mass is 79.9. The molecule has 1 aromatic heterocycles. The first kappa shape index (κ1) is 13.5. The molecule has 0 aliphatic carbocycles. The molecule has 3 rings (SSSR count). The van der Waals surface area contributed by atoms with Gasteiger partial charge in [-0.1, -0.05) is 60.7 Å². The molecule has 0 saturated carbocycles. The second-order valence-corrected chi connectivity index (χ2v) is 6.02. The monoisotopic (exact) mass is 387 g/mol. The molecule has 3 aromatic rings. The van der Waals surface area contributed by atoms with Crippen LogP contribution in [0.25, 0.3) is 22.4 Å². The lowest BCUT2D eigenvalue weighted by molar-refractivity contribution is 1.29. The van der Waals surface area contributed by atoms with Gasteiger partial charge in [-0.15, -0.1) is 0 Å². The van der Waals surface area contributed by atoms with E-state index < -0.39 is 0 Å². The predicted octanol–water partition coefficient (Wildman–Crippen LogP) is 5.94. The van der Waals surface area contributed by atoms with Crippen molar-refractivity contribution in [2.75, 3.05) is 0 Å². The van der Waals surface area contributed by atoms with Crippen molar-refractivity contribution < 1.29 is 0 Å². The Kier molecular flexibility index (Phi) is 3.99. The molecule has 20 heavy (non-hydrogen) atoms. The maximum absolute atomic E-state index is 4.61. The Labute approximate surface area is 135 Å². The Morgan fingerprint density at radius 1 is 0.700 bits per heavy atom. The molecule has 0 radical (unpaired) electrons. The minimum atomic E-state index is 0.955. The molecular formula is C17H11Br2N. The molecule has 3 heteroatoms. The highest BCUT2D eigenvalue weighted by molar-refractivity contribution is 9.13. The van der Waals surface area contributed by atoms with E-state index in [-0.39, 0.29) is 0 Å². The molecule has 0 aliphatic rings. The van der Waals surface area contributed by atoms with Gasteiger partial charge in [-0.2, -0.15) is 0 Å². The Hall–Kier alpha value is -1.45. The van der Waals surface area contributed by atoms with Gasteiger partial charge in [0.05, 0.1) is 10.2 Å². The molecule has 1 heterocycles. The van der Waals surface area contributed by atoms with E-state index in [1.54, 1.807) is 0 Å². The van der Waals surface area contributed by atoms with E-state index in [2.05, 4.69) is 61.1 Å². The number of benzene rings is 2. The van der Waals surface area contributed by atoms with Crippen molar-refractivity contribution in [1.29, 1.82) is 0 Å². The molecule has 0 saturated heterocycles. The first-order valence-corrected chi connectivity index (χ1v) is 7.81. The maximum atomic E-state index is 4.61. The fourth-order valence-electron chi connectivity index (χ4n) is 2.15. The van der Waals surface area contributed by atoms with Crippen LogP contribution in [0.15, 0.2) is 75.8 Å². The minimum Gasteiger partial charge on any atom is -0.254 e. The number of rotatable bonds is 2. The number of nitrogens with zero attached hydrogens (tertiary/aromatic N) is 1. The zero-order valence-corrected chi connectivity index (χ0v) is 13.7. The van der Waals surface area contributed by atoms with Gasteiger partial charge in [0, 0.05) is 21.8 Å². The molecule has 2 aromatic carbocycles. The third-order valence-corrected chi connectivity index (χ3v) is 5.04. The summed E-state index contributed by atoms with van der Waals surface area (Å²) in [5, 5.41) is 0. The van der Waals surface area contributed by atoms with E-state index in [0.717, 1.165) is 31.3 Å². The summed E-state index contributed by atoms with van der Waals surface area (Å²) in [6.07, 6.45) is 1.83. The van der Waals surface area contributed by atoms with E-state index in [9.17, 15) is 0 Å². The fraction of sp³-hybridized carbons (Fsp3) is 0. The normalized spacial score (nSPS) is 10.5. The molecule has 0 spiro atoms. The van der Waals surface area contributed by atoms with Crippen molar-refractivity contribution in [2.45, 2.75) is 0 Å². The summed E-state index contributed by atoms with van der Waals surface area (Å²) in [5.41, 5.74) is 4.34. The van der Waals surface area contributed by atoms with E-state index in [1.165, 1.54) is 0 Å². The Morgan fingerprint density at radius 3 is 1.85 bits per heavy atom. The summed E-state index contributed by atoms with van der Waals surface area (Å²) >= 11 is 7.22. The Balaban J connectivity index is 2.29. The summed E-state index contributed by atoms with van der Waals surface area (Å²) in [5.74, 6) is 0. The Bertz CT molecular complexity index is 725. The summed E-state index contributed by atoms with van der Waals surface area (Å²) in [7, 11) is 0. The third kappa shape index (κ3) is 2.56. The smallest absolute Gasteiger partial charge is 0.0792 e. The molecule has 0 atom stereocenters. The number of pyridine rings is 1. The number of hydrogen-bond donors (Lipinski definition) is 0. The first-order chi connectivity index (χ1) is 9.77. The third-order valence-electron chi connectivity index (χ3n) is 3.08. The molecule has 0 unspecified atom stereocenters. The highest BCUT2D eigenvalue weighted by Crippen LogP contribution is 2.39. The van der Waals surface area contributed by atoms with E-state index in [4.69, 9.17) is 0 Å². The lowest BCUT2D eigenvalue weighted by atomic mass is 9.99. The van der Waals surface area contributed by atoms with Crippen molar-refractivity contribution in [1.82, 2.24) is 4.98 Å². The second-order valence-electron chi connectivity index (χ2n) is 4.38. The summed E-state index contributed by atoms with van der Waals surface area (Å²) < 4.78 is 1.98. The standard InChI is InChI=1S/C17H11Br2N/c18-14-11-20-17(13-9-5-2-6-10-13)15(16(14)19)12-7-3-1-4-8-12/h1-11H. The van der Waals surface area contributed by atoms with Gasteiger partial charge in [0.1, 0.15) is 0 Å². The minimum absolute atomic E-state index is 0.955. The van der Waals surface area contributed by atoms with Gasteiger partial charge in [-0.3, -0.25) is 4.98 Å². The molecule has 0 amide bonds. The highest BCUT2D eigenvalue weighted by Gasteiger charge is 2.14. The number of hydrogen-bond acceptors (Lipinski definition) is 1. The topological polar surface area (TPSA) is 12.9 Å². The van der Waals surface area contributed by atoms with Crippen LogP contribution in [0.5, 0.6) is 0 Å². The van der Waals surface area contributed by atoms with Crippen molar-refractivity contribution in [3.63, 3.8) is 0 Å². The second kappa shape index (κ2) is 5.90. The molecule has 0 bridgehead atoms. The van der Waals surface area contributed by atoms with Crippen LogP contribution in [0.1, 0.15) is 0 Å². The SMILES string of the molecule is Brc1cnc(-c2ccccc2)c(-c2ccccc2)c1Br. The van der Waals surface area contributed by atoms with E-state index >= 15 is 0 Å². The molecular weight excluding hydrogens is 378 g/mol. The van der Waals surface area contributed by atoms with Crippen molar-refractivity contribution in [3.8, 4) is 22.4 Å². The Morgan fingerprint density at radius 2 is 1.25 bits per heavy atom. The summed E-state index contributed by atoms with van der Waals surface area (Å²) in [4.78, 5) is 4.61. The van der Waals surface area contributed by atoms with Crippen molar-refractivity contribution >= 4 is 31.9 Å². The van der Waals surface area contributed by atoms with Crippen LogP contribution >= 0.6 is 31.9 Å². The average molecular weight is 389 g/mol. The lowest BCUT2D eigenvalue weighted by Crippen LogP contribution is -1.91. The van der Waals surface area contributed by atoms with Gasteiger partial charge in [-0.05, 0) is 37.4 Å². The molecule has 98 valence electrons. The van der Waals surface area contributed by atoms with Crippen molar-refractivity contribution in [2.24, 2.45) is 0 Å². The van der Waals surface area contributed by atoms with Crippen LogP contribution in [0.4, 0.5) is 0 Å². The predicted molar refractivity (Wildman–Crippen MR) is 90.5 cm³/mol. The fourth-order valence-corrected chi connectivity index (χ4v) is 2.97. The maximum Gasteiger partial charge on any atom is 0.0792 e. The van der Waals surface area contributed by atoms with Crippen LogP contribution in [-0.2, 0) is 0 Å². The molecule has 0 aliphatic heterocycles. The van der Waals surface area contributed by atoms with Gasteiger partial charge in [0.2, 0.25) is 0 Å². The van der Waals surface area contributed by atoms with Gasteiger partial charge in [-0.25, -0.2) is 0 Å². The van der Waals surface area contributed by atoms with Gasteiger partial charge in [0.25, 0.3) is 0 Å². The van der Waals surface area contributed by atoms with Gasteiger partial charge < -0.3 is 0 Å². The zero-order valence-electron chi connectivity index (χ0n) is 10.6.